The number of hydrogen-bond donors (Lipinski definition) is 1. The zero-order chi connectivity index (χ0) is 15.5. The van der Waals surface area contributed by atoms with Crippen molar-refractivity contribution in [1.82, 2.24) is 0 Å². The van der Waals surface area contributed by atoms with Crippen molar-refractivity contribution in [2.75, 3.05) is 6.16 Å². The van der Waals surface area contributed by atoms with Gasteiger partial charge in [-0.05, 0) is 5.41 Å². The fourth-order valence-corrected chi connectivity index (χ4v) is 5.28. The van der Waals surface area contributed by atoms with Crippen LogP contribution in [0.2, 0.25) is 0 Å². The standard InChI is InChI=1S/C18H23O2P.Ce.ClH/c1-18(2,3)17(19)14-21(20,15-10-6-4-7-11-15)16-12-8-5-9-13-16;;/h4-13,17,19H,14H2,1-3H3;;1H/p-1. The minimum Gasteiger partial charge on any atom is -1.00 e. The number of rotatable bonds is 4. The van der Waals surface area contributed by atoms with Crippen molar-refractivity contribution in [2.24, 2.45) is 5.41 Å². The second-order valence-electron chi connectivity index (χ2n) is 6.48. The van der Waals surface area contributed by atoms with Crippen molar-refractivity contribution in [2.45, 2.75) is 26.9 Å². The summed E-state index contributed by atoms with van der Waals surface area (Å²) in [7, 11) is -2.83. The molecular formula is C18H23CeClO2P-. The van der Waals surface area contributed by atoms with Gasteiger partial charge in [0.05, 0.1) is 6.10 Å². The first-order chi connectivity index (χ1) is 9.84. The molecule has 0 aliphatic rings. The van der Waals surface area contributed by atoms with Crippen LogP contribution in [0, 0.1) is 47.2 Å². The SMILES string of the molecule is CC(C)(C)C(O)CP(=O)(c1ccccc1)c1ccccc1.[Ce].[Cl-]. The first-order valence-corrected chi connectivity index (χ1v) is 9.11. The van der Waals surface area contributed by atoms with E-state index in [4.69, 9.17) is 0 Å². The van der Waals surface area contributed by atoms with Crippen LogP contribution in [0.1, 0.15) is 20.8 Å². The third-order valence-corrected chi connectivity index (χ3v) is 6.90. The summed E-state index contributed by atoms with van der Waals surface area (Å²) in [6.45, 7) is 5.91. The average molecular weight is 478 g/mol. The molecule has 0 saturated carbocycles. The van der Waals surface area contributed by atoms with Gasteiger partial charge in [-0.1, -0.05) is 81.4 Å². The summed E-state index contributed by atoms with van der Waals surface area (Å²) in [5.74, 6) is 0. The van der Waals surface area contributed by atoms with E-state index in [1.807, 2.05) is 81.4 Å². The summed E-state index contributed by atoms with van der Waals surface area (Å²) in [5.41, 5.74) is -0.292. The van der Waals surface area contributed by atoms with Gasteiger partial charge in [-0.3, -0.25) is 0 Å². The van der Waals surface area contributed by atoms with E-state index in [0.717, 1.165) is 10.6 Å². The molecule has 124 valence electrons. The molecule has 0 saturated heterocycles. The molecule has 0 aliphatic carbocycles. The van der Waals surface area contributed by atoms with Gasteiger partial charge >= 0.3 is 0 Å². The van der Waals surface area contributed by atoms with Crippen molar-refractivity contribution in [1.29, 1.82) is 0 Å². The Bertz CT molecular complexity index is 583. The Morgan fingerprint density at radius 2 is 1.26 bits per heavy atom. The Hall–Kier alpha value is 0.297. The summed E-state index contributed by atoms with van der Waals surface area (Å²) in [4.78, 5) is 0. The minimum absolute atomic E-state index is 0. The normalized spacial score (nSPS) is 12.7. The predicted octanol–water partition coefficient (Wildman–Crippen LogP) is 0.412. The molecule has 0 amide bonds. The van der Waals surface area contributed by atoms with E-state index in [9.17, 15) is 9.67 Å². The molecule has 1 atom stereocenters. The number of aliphatic hydroxyl groups excluding tert-OH is 1. The monoisotopic (exact) mass is 477 g/mol. The van der Waals surface area contributed by atoms with Gasteiger partial charge in [0.1, 0.15) is 7.14 Å². The van der Waals surface area contributed by atoms with Crippen molar-refractivity contribution in [3.63, 3.8) is 0 Å². The van der Waals surface area contributed by atoms with Gasteiger partial charge in [0.2, 0.25) is 0 Å². The van der Waals surface area contributed by atoms with E-state index >= 15 is 0 Å². The molecule has 0 aromatic heterocycles. The van der Waals surface area contributed by atoms with Crippen molar-refractivity contribution < 1.29 is 63.8 Å². The molecule has 0 bridgehead atoms. The van der Waals surface area contributed by atoms with Gasteiger partial charge in [-0.25, -0.2) is 0 Å². The second kappa shape index (κ2) is 9.69. The smallest absolute Gasteiger partial charge is 0.145 e. The molecule has 5 heteroatoms. The molecule has 1 unspecified atom stereocenters. The van der Waals surface area contributed by atoms with E-state index in [0.29, 0.717) is 0 Å². The van der Waals surface area contributed by atoms with Crippen LogP contribution >= 0.6 is 7.14 Å². The van der Waals surface area contributed by atoms with Crippen molar-refractivity contribution in [3.8, 4) is 0 Å². The third kappa shape index (κ3) is 5.95. The summed E-state index contributed by atoms with van der Waals surface area (Å²) in [6.07, 6.45) is -0.353. The summed E-state index contributed by atoms with van der Waals surface area (Å²) >= 11 is 0. The molecule has 2 rings (SSSR count). The second-order valence-corrected chi connectivity index (χ2v) is 9.35. The minimum atomic E-state index is -2.83. The van der Waals surface area contributed by atoms with Gasteiger partial charge in [0.25, 0.3) is 0 Å². The van der Waals surface area contributed by atoms with Crippen LogP contribution in [0.3, 0.4) is 0 Å². The molecular weight excluding hydrogens is 455 g/mol. The van der Waals surface area contributed by atoms with Crippen LogP contribution in [-0.4, -0.2) is 17.4 Å². The van der Waals surface area contributed by atoms with Crippen molar-refractivity contribution >= 4 is 17.8 Å². The molecule has 23 heavy (non-hydrogen) atoms. The molecule has 1 N–H and O–H groups in total. The zero-order valence-electron chi connectivity index (χ0n) is 13.7. The number of aliphatic hydroxyl groups is 1. The first kappa shape index (κ1) is 23.3. The van der Waals surface area contributed by atoms with Crippen LogP contribution in [0.15, 0.2) is 60.7 Å². The van der Waals surface area contributed by atoms with Crippen molar-refractivity contribution in [3.05, 3.63) is 60.7 Å². The molecule has 0 radical (unpaired) electrons. The quantitative estimate of drug-likeness (QED) is 0.648. The van der Waals surface area contributed by atoms with E-state index in [2.05, 4.69) is 0 Å². The first-order valence-electron chi connectivity index (χ1n) is 7.22. The number of benzene rings is 2. The largest absolute Gasteiger partial charge is 1.00 e. The van der Waals surface area contributed by atoms with Crippen LogP contribution in [-0.2, 0) is 4.57 Å². The maximum absolute atomic E-state index is 13.7. The number of hydrogen-bond acceptors (Lipinski definition) is 2. The molecule has 2 aromatic rings. The van der Waals surface area contributed by atoms with Gasteiger partial charge in [0.15, 0.2) is 0 Å². The Labute approximate surface area is 179 Å². The van der Waals surface area contributed by atoms with Crippen LogP contribution < -0.4 is 23.0 Å². The van der Waals surface area contributed by atoms with E-state index < -0.39 is 13.2 Å². The summed E-state index contributed by atoms with van der Waals surface area (Å²) in [6, 6.07) is 19.0. The van der Waals surface area contributed by atoms with Gasteiger partial charge < -0.3 is 22.1 Å². The molecule has 0 heterocycles. The Kier molecular flexibility index (Phi) is 9.82. The molecule has 2 aromatic carbocycles. The summed E-state index contributed by atoms with van der Waals surface area (Å²) in [5, 5.41) is 12.1. The van der Waals surface area contributed by atoms with Crippen LogP contribution in [0.25, 0.3) is 0 Å². The molecule has 0 fully saturated rings. The predicted molar refractivity (Wildman–Crippen MR) is 90.1 cm³/mol. The van der Waals surface area contributed by atoms with E-state index in [-0.39, 0.29) is 65.7 Å². The fraction of sp³-hybridized carbons (Fsp3) is 0.333. The number of halogens is 1. The Balaban J connectivity index is 0.00000242. The summed E-state index contributed by atoms with van der Waals surface area (Å²) < 4.78 is 13.7. The van der Waals surface area contributed by atoms with E-state index in [1.165, 1.54) is 0 Å². The molecule has 0 spiro atoms. The maximum atomic E-state index is 13.7. The Morgan fingerprint density at radius 1 is 0.913 bits per heavy atom. The van der Waals surface area contributed by atoms with Gasteiger partial charge in [0, 0.05) is 58.5 Å². The van der Waals surface area contributed by atoms with Gasteiger partial charge in [-0.2, -0.15) is 0 Å². The van der Waals surface area contributed by atoms with Crippen LogP contribution in [0.5, 0.6) is 0 Å². The fourth-order valence-electron chi connectivity index (χ4n) is 2.21. The Morgan fingerprint density at radius 3 is 1.57 bits per heavy atom. The molecule has 2 nitrogen and oxygen atoms in total. The van der Waals surface area contributed by atoms with Crippen LogP contribution in [0.4, 0.5) is 0 Å². The topological polar surface area (TPSA) is 37.3 Å². The molecule has 0 aliphatic heterocycles. The van der Waals surface area contributed by atoms with E-state index in [1.54, 1.807) is 0 Å². The average Bonchev–Trinajstić information content (AvgIpc) is 2.48. The van der Waals surface area contributed by atoms with Gasteiger partial charge in [-0.15, -0.1) is 0 Å². The third-order valence-electron chi connectivity index (χ3n) is 3.78. The zero-order valence-corrected chi connectivity index (χ0v) is 18.5. The maximum Gasteiger partial charge on any atom is 0.145 e.